The molecule has 1 aromatic rings. The van der Waals surface area contributed by atoms with Crippen LogP contribution in [0.3, 0.4) is 0 Å². The Morgan fingerprint density at radius 2 is 2.07 bits per heavy atom. The van der Waals surface area contributed by atoms with Crippen LogP contribution in [-0.2, 0) is 0 Å². The molecule has 2 nitrogen and oxygen atoms in total. The number of hydrogen-bond donors (Lipinski definition) is 1. The number of amides is 1. The molecule has 15 heavy (non-hydrogen) atoms. The van der Waals surface area contributed by atoms with Crippen molar-refractivity contribution in [3.8, 4) is 0 Å². The Morgan fingerprint density at radius 3 is 2.60 bits per heavy atom. The second-order valence-electron chi connectivity index (χ2n) is 3.50. The summed E-state index contributed by atoms with van der Waals surface area (Å²) in [6, 6.07) is 5.67. The van der Waals surface area contributed by atoms with Crippen molar-refractivity contribution in [1.29, 1.82) is 0 Å². The molecule has 0 fully saturated rings. The van der Waals surface area contributed by atoms with Gasteiger partial charge in [-0.2, -0.15) is 0 Å². The van der Waals surface area contributed by atoms with Crippen LogP contribution in [0.4, 0.5) is 0 Å². The smallest absolute Gasteiger partial charge is 0.251 e. The van der Waals surface area contributed by atoms with Gasteiger partial charge in [0, 0.05) is 16.6 Å². The average Bonchev–Trinajstić information content (AvgIpc) is 2.18. The van der Waals surface area contributed by atoms with Gasteiger partial charge in [-0.05, 0) is 37.1 Å². The lowest BCUT2D eigenvalue weighted by Crippen LogP contribution is -2.24. The van der Waals surface area contributed by atoms with Crippen molar-refractivity contribution in [2.24, 2.45) is 0 Å². The minimum Gasteiger partial charge on any atom is -0.347 e. The Kier molecular flexibility index (Phi) is 4.09. The van der Waals surface area contributed by atoms with Gasteiger partial charge < -0.3 is 5.32 Å². The number of carbonyl (C=O) groups excluding carboxylic acids is 1. The van der Waals surface area contributed by atoms with Gasteiger partial charge in [-0.25, -0.2) is 0 Å². The molecule has 0 unspecified atom stereocenters. The molecule has 0 bridgehead atoms. The summed E-state index contributed by atoms with van der Waals surface area (Å²) >= 11 is 3.19. The molecule has 0 aliphatic heterocycles. The van der Waals surface area contributed by atoms with Gasteiger partial charge in [-0.3, -0.25) is 4.79 Å². The number of aryl methyl sites for hydroxylation is 2. The fourth-order valence-electron chi connectivity index (χ4n) is 1.16. The molecular weight excluding hydrogens is 254 g/mol. The van der Waals surface area contributed by atoms with E-state index in [1.54, 1.807) is 0 Å². The molecule has 0 aliphatic carbocycles. The van der Waals surface area contributed by atoms with Crippen molar-refractivity contribution in [2.75, 3.05) is 6.54 Å². The average molecular weight is 268 g/mol. The molecule has 0 saturated carbocycles. The number of benzene rings is 1. The van der Waals surface area contributed by atoms with Gasteiger partial charge in [-0.1, -0.05) is 28.6 Å². The highest BCUT2D eigenvalue weighted by Gasteiger charge is 2.05. The van der Waals surface area contributed by atoms with E-state index in [1.165, 1.54) is 5.56 Å². The van der Waals surface area contributed by atoms with Gasteiger partial charge in [-0.15, -0.1) is 0 Å². The van der Waals surface area contributed by atoms with E-state index < -0.39 is 0 Å². The van der Waals surface area contributed by atoms with E-state index in [1.807, 2.05) is 32.0 Å². The standard InChI is InChI=1S/C12H14BrNO/c1-8-4-5-11(6-9(8)2)12(15)14-7-10(3)13/h4-6H,3,7H2,1-2H3,(H,14,15). The summed E-state index contributed by atoms with van der Waals surface area (Å²) in [7, 11) is 0. The topological polar surface area (TPSA) is 29.1 Å². The molecule has 1 rings (SSSR count). The molecule has 0 aromatic heterocycles. The molecule has 0 spiro atoms. The van der Waals surface area contributed by atoms with Crippen molar-refractivity contribution in [3.05, 3.63) is 46.0 Å². The van der Waals surface area contributed by atoms with Crippen LogP contribution in [0.15, 0.2) is 29.3 Å². The zero-order valence-electron chi connectivity index (χ0n) is 8.93. The van der Waals surface area contributed by atoms with E-state index >= 15 is 0 Å². The van der Waals surface area contributed by atoms with Gasteiger partial charge in [0.1, 0.15) is 0 Å². The third-order valence-electron chi connectivity index (χ3n) is 2.21. The first-order valence-electron chi connectivity index (χ1n) is 4.69. The maximum atomic E-state index is 11.6. The predicted octanol–water partition coefficient (Wildman–Crippen LogP) is 2.94. The van der Waals surface area contributed by atoms with E-state index in [4.69, 9.17) is 0 Å². The van der Waals surface area contributed by atoms with Gasteiger partial charge >= 0.3 is 0 Å². The molecule has 80 valence electrons. The van der Waals surface area contributed by atoms with Gasteiger partial charge in [0.25, 0.3) is 5.91 Å². The summed E-state index contributed by atoms with van der Waals surface area (Å²) in [6.07, 6.45) is 0. The van der Waals surface area contributed by atoms with Crippen LogP contribution >= 0.6 is 15.9 Å². The second kappa shape index (κ2) is 5.12. The zero-order chi connectivity index (χ0) is 11.4. The maximum Gasteiger partial charge on any atom is 0.251 e. The molecule has 0 atom stereocenters. The molecule has 3 heteroatoms. The predicted molar refractivity (Wildman–Crippen MR) is 66.3 cm³/mol. The van der Waals surface area contributed by atoms with Crippen LogP contribution in [0.2, 0.25) is 0 Å². The van der Waals surface area contributed by atoms with Crippen molar-refractivity contribution in [3.63, 3.8) is 0 Å². The molecule has 1 aromatic carbocycles. The first-order valence-corrected chi connectivity index (χ1v) is 5.48. The van der Waals surface area contributed by atoms with Crippen molar-refractivity contribution < 1.29 is 4.79 Å². The Hall–Kier alpha value is -1.09. The highest BCUT2D eigenvalue weighted by atomic mass is 79.9. The van der Waals surface area contributed by atoms with E-state index in [-0.39, 0.29) is 5.91 Å². The first-order chi connectivity index (χ1) is 7.00. The maximum absolute atomic E-state index is 11.6. The fraction of sp³-hybridized carbons (Fsp3) is 0.250. The minimum atomic E-state index is -0.0706. The summed E-state index contributed by atoms with van der Waals surface area (Å²) < 4.78 is 0.764. The lowest BCUT2D eigenvalue weighted by atomic mass is 10.1. The van der Waals surface area contributed by atoms with Crippen LogP contribution in [-0.4, -0.2) is 12.5 Å². The number of hydrogen-bond acceptors (Lipinski definition) is 1. The molecular formula is C12H14BrNO. The molecule has 0 aliphatic rings. The molecule has 0 saturated heterocycles. The Labute approximate surface area is 98.5 Å². The van der Waals surface area contributed by atoms with Crippen LogP contribution in [0.5, 0.6) is 0 Å². The summed E-state index contributed by atoms with van der Waals surface area (Å²) in [6.45, 7) is 8.13. The second-order valence-corrected chi connectivity index (χ2v) is 4.62. The largest absolute Gasteiger partial charge is 0.347 e. The summed E-state index contributed by atoms with van der Waals surface area (Å²) in [5.41, 5.74) is 3.00. The van der Waals surface area contributed by atoms with Crippen LogP contribution in [0.1, 0.15) is 21.5 Å². The number of halogens is 1. The quantitative estimate of drug-likeness (QED) is 0.897. The van der Waals surface area contributed by atoms with Crippen LogP contribution in [0.25, 0.3) is 0 Å². The summed E-state index contributed by atoms with van der Waals surface area (Å²) in [4.78, 5) is 11.6. The third kappa shape index (κ3) is 3.51. The normalized spacial score (nSPS) is 9.80. The van der Waals surface area contributed by atoms with Crippen LogP contribution in [0, 0.1) is 13.8 Å². The van der Waals surface area contributed by atoms with Crippen LogP contribution < -0.4 is 5.32 Å². The van der Waals surface area contributed by atoms with Crippen molar-refractivity contribution >= 4 is 21.8 Å². The van der Waals surface area contributed by atoms with Gasteiger partial charge in [0.2, 0.25) is 0 Å². The molecule has 0 heterocycles. The molecule has 0 radical (unpaired) electrons. The first kappa shape index (κ1) is 12.0. The van der Waals surface area contributed by atoms with Crippen molar-refractivity contribution in [2.45, 2.75) is 13.8 Å². The molecule has 1 N–H and O–H groups in total. The lowest BCUT2D eigenvalue weighted by molar-refractivity contribution is 0.0957. The van der Waals surface area contributed by atoms with Gasteiger partial charge in [0.15, 0.2) is 0 Å². The van der Waals surface area contributed by atoms with E-state index in [9.17, 15) is 4.79 Å². The lowest BCUT2D eigenvalue weighted by Gasteiger charge is -2.06. The summed E-state index contributed by atoms with van der Waals surface area (Å²) in [5.74, 6) is -0.0706. The number of nitrogens with one attached hydrogen (secondary N) is 1. The fourth-order valence-corrected chi connectivity index (χ4v) is 1.30. The molecule has 1 amide bonds. The van der Waals surface area contributed by atoms with E-state index in [2.05, 4.69) is 27.8 Å². The zero-order valence-corrected chi connectivity index (χ0v) is 10.5. The Morgan fingerprint density at radius 1 is 1.40 bits per heavy atom. The van der Waals surface area contributed by atoms with Gasteiger partial charge in [0.05, 0.1) is 0 Å². The SMILES string of the molecule is C=C(Br)CNC(=O)c1ccc(C)c(C)c1. The highest BCUT2D eigenvalue weighted by Crippen LogP contribution is 2.09. The van der Waals surface area contributed by atoms with E-state index in [0.29, 0.717) is 12.1 Å². The van der Waals surface area contributed by atoms with Crippen molar-refractivity contribution in [1.82, 2.24) is 5.32 Å². The highest BCUT2D eigenvalue weighted by molar-refractivity contribution is 9.11. The van der Waals surface area contributed by atoms with E-state index in [0.717, 1.165) is 10.0 Å². The Bertz CT molecular complexity index is 399. The Balaban J connectivity index is 2.74. The monoisotopic (exact) mass is 267 g/mol. The minimum absolute atomic E-state index is 0.0706. The third-order valence-corrected chi connectivity index (χ3v) is 2.49. The number of carbonyl (C=O) groups is 1. The number of rotatable bonds is 3. The summed E-state index contributed by atoms with van der Waals surface area (Å²) in [5, 5.41) is 2.76.